The largest absolute Gasteiger partial charge is 0.348 e. The summed E-state index contributed by atoms with van der Waals surface area (Å²) in [4.78, 5) is 4.40. The summed E-state index contributed by atoms with van der Waals surface area (Å²) in [5.74, 6) is 0.843. The van der Waals surface area contributed by atoms with E-state index in [1.807, 2.05) is 4.68 Å². The number of nitrogens with zero attached hydrogens (tertiary/aromatic N) is 3. The maximum absolute atomic E-state index is 4.44. The van der Waals surface area contributed by atoms with Crippen molar-refractivity contribution in [1.29, 1.82) is 0 Å². The molecular formula is C19H20N4. The monoisotopic (exact) mass is 304 g/mol. The van der Waals surface area contributed by atoms with Crippen molar-refractivity contribution in [1.82, 2.24) is 14.8 Å². The number of anilines is 1. The molecule has 1 N–H and O–H groups in total. The Hall–Kier alpha value is -2.62. The van der Waals surface area contributed by atoms with Gasteiger partial charge in [0.05, 0.1) is 12.1 Å². The third-order valence-electron chi connectivity index (χ3n) is 4.66. The molecule has 0 radical (unpaired) electrons. The molecule has 0 unspecified atom stereocenters. The van der Waals surface area contributed by atoms with Crippen LogP contribution in [0.25, 0.3) is 0 Å². The lowest BCUT2D eigenvalue weighted by atomic mass is 9.91. The first-order chi connectivity index (χ1) is 11.2. The highest BCUT2D eigenvalue weighted by molar-refractivity contribution is 5.40. The van der Waals surface area contributed by atoms with Gasteiger partial charge in [-0.25, -0.2) is 4.68 Å². The molecule has 0 fully saturated rings. The van der Waals surface area contributed by atoms with E-state index in [0.29, 0.717) is 0 Å². The number of fused-ring (bicyclic) bond motifs is 1. The maximum atomic E-state index is 4.44. The molecule has 0 saturated heterocycles. The summed E-state index contributed by atoms with van der Waals surface area (Å²) in [5, 5.41) is 7.96. The van der Waals surface area contributed by atoms with Crippen LogP contribution in [0.5, 0.6) is 0 Å². The Labute approximate surface area is 136 Å². The standard InChI is InChI=1S/C19H20N4/c1-13-7-9-15(10-8-13)17-11-18(16-6-4-3-5-14(16)2)23-19(22-17)20-12-21-23/h3-10,12,17-18H,11H2,1-2H3,(H,20,21,22)/t17-,18-/m0/s1. The number of nitrogens with one attached hydrogen (secondary N) is 1. The van der Waals surface area contributed by atoms with Gasteiger partial charge in [-0.2, -0.15) is 10.1 Å². The van der Waals surface area contributed by atoms with Gasteiger partial charge >= 0.3 is 0 Å². The third kappa shape index (κ3) is 2.50. The van der Waals surface area contributed by atoms with Gasteiger partial charge in [-0.1, -0.05) is 54.1 Å². The van der Waals surface area contributed by atoms with Crippen LogP contribution in [0.3, 0.4) is 0 Å². The Morgan fingerprint density at radius 1 is 1.04 bits per heavy atom. The number of aromatic nitrogens is 3. The lowest BCUT2D eigenvalue weighted by molar-refractivity contribution is 0.429. The van der Waals surface area contributed by atoms with Gasteiger partial charge in [-0.3, -0.25) is 0 Å². The zero-order valence-corrected chi connectivity index (χ0v) is 13.4. The van der Waals surface area contributed by atoms with Gasteiger partial charge < -0.3 is 5.32 Å². The van der Waals surface area contributed by atoms with Crippen molar-refractivity contribution in [2.75, 3.05) is 5.32 Å². The van der Waals surface area contributed by atoms with Crippen molar-refractivity contribution < 1.29 is 0 Å². The van der Waals surface area contributed by atoms with Crippen LogP contribution in [0.15, 0.2) is 54.9 Å². The fourth-order valence-electron chi connectivity index (χ4n) is 3.36. The maximum Gasteiger partial charge on any atom is 0.222 e. The highest BCUT2D eigenvalue weighted by atomic mass is 15.4. The lowest BCUT2D eigenvalue weighted by Gasteiger charge is -2.32. The second-order valence-corrected chi connectivity index (χ2v) is 6.24. The summed E-state index contributed by atoms with van der Waals surface area (Å²) in [7, 11) is 0. The SMILES string of the molecule is Cc1ccc([C@@H]2C[C@@H](c3ccccc3C)n3ncnc3N2)cc1. The molecule has 0 spiro atoms. The molecule has 23 heavy (non-hydrogen) atoms. The number of hydrogen-bond donors (Lipinski definition) is 1. The fraction of sp³-hybridized carbons (Fsp3) is 0.263. The average Bonchev–Trinajstić information content (AvgIpc) is 3.04. The quantitative estimate of drug-likeness (QED) is 0.777. The highest BCUT2D eigenvalue weighted by Gasteiger charge is 2.30. The van der Waals surface area contributed by atoms with Crippen molar-refractivity contribution in [3.8, 4) is 0 Å². The van der Waals surface area contributed by atoms with Crippen LogP contribution in [0.4, 0.5) is 5.95 Å². The molecule has 4 nitrogen and oxygen atoms in total. The zero-order valence-electron chi connectivity index (χ0n) is 13.4. The summed E-state index contributed by atoms with van der Waals surface area (Å²) >= 11 is 0. The topological polar surface area (TPSA) is 42.7 Å². The van der Waals surface area contributed by atoms with E-state index in [1.54, 1.807) is 6.33 Å². The molecule has 1 aliphatic heterocycles. The predicted octanol–water partition coefficient (Wildman–Crippen LogP) is 4.04. The van der Waals surface area contributed by atoms with E-state index in [-0.39, 0.29) is 12.1 Å². The van der Waals surface area contributed by atoms with Gasteiger partial charge in [0, 0.05) is 0 Å². The molecule has 2 aromatic carbocycles. The van der Waals surface area contributed by atoms with Crippen molar-refractivity contribution in [3.63, 3.8) is 0 Å². The van der Waals surface area contributed by atoms with Gasteiger partial charge in [-0.15, -0.1) is 0 Å². The van der Waals surface area contributed by atoms with Gasteiger partial charge in [0.15, 0.2) is 0 Å². The lowest BCUT2D eigenvalue weighted by Crippen LogP contribution is -2.28. The first kappa shape index (κ1) is 14.0. The van der Waals surface area contributed by atoms with Crippen LogP contribution >= 0.6 is 0 Å². The molecule has 0 amide bonds. The van der Waals surface area contributed by atoms with E-state index in [9.17, 15) is 0 Å². The Morgan fingerprint density at radius 2 is 1.83 bits per heavy atom. The minimum absolute atomic E-state index is 0.209. The molecule has 4 heteroatoms. The van der Waals surface area contributed by atoms with Crippen LogP contribution in [-0.4, -0.2) is 14.8 Å². The molecule has 2 heterocycles. The zero-order chi connectivity index (χ0) is 15.8. The molecule has 1 aromatic heterocycles. The average molecular weight is 304 g/mol. The van der Waals surface area contributed by atoms with Gasteiger partial charge in [0.1, 0.15) is 6.33 Å². The third-order valence-corrected chi connectivity index (χ3v) is 4.66. The molecule has 0 saturated carbocycles. The smallest absolute Gasteiger partial charge is 0.222 e. The van der Waals surface area contributed by atoms with Crippen molar-refractivity contribution in [2.24, 2.45) is 0 Å². The first-order valence-corrected chi connectivity index (χ1v) is 8.00. The van der Waals surface area contributed by atoms with Gasteiger partial charge in [-0.05, 0) is 37.0 Å². The summed E-state index contributed by atoms with van der Waals surface area (Å²) in [6.07, 6.45) is 2.59. The normalized spacial score (nSPS) is 19.9. The second kappa shape index (κ2) is 5.54. The minimum atomic E-state index is 0.209. The van der Waals surface area contributed by atoms with Crippen LogP contribution in [-0.2, 0) is 0 Å². The van der Waals surface area contributed by atoms with E-state index >= 15 is 0 Å². The summed E-state index contributed by atoms with van der Waals surface area (Å²) < 4.78 is 2.01. The molecule has 3 aromatic rings. The van der Waals surface area contributed by atoms with Crippen LogP contribution in [0.2, 0.25) is 0 Å². The molecule has 0 aliphatic carbocycles. The van der Waals surface area contributed by atoms with E-state index in [4.69, 9.17) is 0 Å². The Balaban J connectivity index is 1.75. The first-order valence-electron chi connectivity index (χ1n) is 8.00. The Bertz CT molecular complexity index is 819. The van der Waals surface area contributed by atoms with Crippen LogP contribution in [0.1, 0.15) is 40.8 Å². The summed E-state index contributed by atoms with van der Waals surface area (Å²) in [6, 6.07) is 17.7. The highest BCUT2D eigenvalue weighted by Crippen LogP contribution is 2.38. The van der Waals surface area contributed by atoms with Crippen molar-refractivity contribution >= 4 is 5.95 Å². The minimum Gasteiger partial charge on any atom is -0.348 e. The van der Waals surface area contributed by atoms with E-state index in [2.05, 4.69) is 77.8 Å². The fourth-order valence-corrected chi connectivity index (χ4v) is 3.36. The second-order valence-electron chi connectivity index (χ2n) is 6.24. The Kier molecular flexibility index (Phi) is 3.37. The van der Waals surface area contributed by atoms with E-state index in [0.717, 1.165) is 12.4 Å². The Morgan fingerprint density at radius 3 is 2.61 bits per heavy atom. The molecule has 1 aliphatic rings. The number of aryl methyl sites for hydroxylation is 2. The molecule has 116 valence electrons. The van der Waals surface area contributed by atoms with Crippen LogP contribution in [0, 0.1) is 13.8 Å². The van der Waals surface area contributed by atoms with Gasteiger partial charge in [0.2, 0.25) is 5.95 Å². The van der Waals surface area contributed by atoms with E-state index < -0.39 is 0 Å². The number of benzene rings is 2. The molecular weight excluding hydrogens is 284 g/mol. The number of rotatable bonds is 2. The predicted molar refractivity (Wildman–Crippen MR) is 91.5 cm³/mol. The van der Waals surface area contributed by atoms with E-state index in [1.165, 1.54) is 22.3 Å². The molecule has 4 rings (SSSR count). The molecule has 0 bridgehead atoms. The van der Waals surface area contributed by atoms with Crippen molar-refractivity contribution in [3.05, 3.63) is 77.1 Å². The number of hydrogen-bond acceptors (Lipinski definition) is 3. The molecule has 2 atom stereocenters. The van der Waals surface area contributed by atoms with Crippen LogP contribution < -0.4 is 5.32 Å². The van der Waals surface area contributed by atoms with Crippen molar-refractivity contribution in [2.45, 2.75) is 32.4 Å². The van der Waals surface area contributed by atoms with Gasteiger partial charge in [0.25, 0.3) is 0 Å². The summed E-state index contributed by atoms with van der Waals surface area (Å²) in [6.45, 7) is 4.28. The summed E-state index contributed by atoms with van der Waals surface area (Å²) in [5.41, 5.74) is 5.19.